The van der Waals surface area contributed by atoms with E-state index in [4.69, 9.17) is 4.98 Å². The molecule has 0 fully saturated rings. The van der Waals surface area contributed by atoms with E-state index in [1.54, 1.807) is 22.7 Å². The molecule has 0 saturated heterocycles. The Labute approximate surface area is 222 Å². The van der Waals surface area contributed by atoms with E-state index in [0.29, 0.717) is 5.92 Å². The summed E-state index contributed by atoms with van der Waals surface area (Å²) in [6.45, 7) is 10.0. The molecule has 1 N–H and O–H groups in total. The Balaban J connectivity index is 1.64. The molecule has 0 radical (unpaired) electrons. The Morgan fingerprint density at radius 1 is 1.17 bits per heavy atom. The topological polar surface area (TPSA) is 59.8 Å². The largest absolute Gasteiger partial charge is 0.352 e. The third kappa shape index (κ3) is 6.13. The zero-order valence-corrected chi connectivity index (χ0v) is 23.3. The number of amides is 1. The average molecular weight is 521 g/mol. The molecule has 0 bridgehead atoms. The number of pyridine rings is 1. The Bertz CT molecular complexity index is 1270. The van der Waals surface area contributed by atoms with Gasteiger partial charge in [-0.3, -0.25) is 9.78 Å². The quantitative estimate of drug-likeness (QED) is 0.209. The van der Waals surface area contributed by atoms with Crippen molar-refractivity contribution in [3.8, 4) is 22.0 Å². The number of carbonyl (C=O) groups is 1. The van der Waals surface area contributed by atoms with Crippen LogP contribution in [0.4, 0.5) is 0 Å². The smallest absolute Gasteiger partial charge is 0.253 e. The zero-order chi connectivity index (χ0) is 25.5. The second kappa shape index (κ2) is 12.5. The summed E-state index contributed by atoms with van der Waals surface area (Å²) in [5.74, 6) is 0.530. The van der Waals surface area contributed by atoms with Crippen LogP contribution in [-0.2, 0) is 13.0 Å². The van der Waals surface area contributed by atoms with E-state index in [9.17, 15) is 4.79 Å². The van der Waals surface area contributed by atoms with Crippen molar-refractivity contribution >= 4 is 28.6 Å². The molecule has 0 spiro atoms. The highest BCUT2D eigenvalue weighted by atomic mass is 32.1. The molecular formula is C29H36N4OS2. The van der Waals surface area contributed by atoms with Crippen molar-refractivity contribution in [2.75, 3.05) is 6.54 Å². The maximum atomic E-state index is 13.3. The van der Waals surface area contributed by atoms with Gasteiger partial charge >= 0.3 is 0 Å². The highest BCUT2D eigenvalue weighted by molar-refractivity contribution is 7.13. The molecule has 1 unspecified atom stereocenters. The van der Waals surface area contributed by atoms with Crippen molar-refractivity contribution in [1.82, 2.24) is 19.9 Å². The Kier molecular flexibility index (Phi) is 9.10. The van der Waals surface area contributed by atoms with Gasteiger partial charge in [-0.05, 0) is 55.3 Å². The predicted molar refractivity (Wildman–Crippen MR) is 152 cm³/mol. The number of carbonyl (C=O) groups excluding carboxylic acids is 1. The fourth-order valence-corrected chi connectivity index (χ4v) is 5.96. The fourth-order valence-electron chi connectivity index (χ4n) is 4.45. The van der Waals surface area contributed by atoms with E-state index in [1.165, 1.54) is 17.7 Å². The lowest BCUT2D eigenvalue weighted by Crippen LogP contribution is -2.29. The van der Waals surface area contributed by atoms with E-state index in [1.807, 2.05) is 25.3 Å². The minimum absolute atomic E-state index is 0.00537. The fraction of sp³-hybridized carbons (Fsp3) is 0.414. The summed E-state index contributed by atoms with van der Waals surface area (Å²) in [7, 11) is 0. The summed E-state index contributed by atoms with van der Waals surface area (Å²) < 4.78 is 2.23. The predicted octanol–water partition coefficient (Wildman–Crippen LogP) is 7.60. The van der Waals surface area contributed by atoms with Gasteiger partial charge in [0.1, 0.15) is 5.01 Å². The molecule has 0 aromatic carbocycles. The zero-order valence-electron chi connectivity index (χ0n) is 21.7. The molecule has 4 aromatic rings. The minimum atomic E-state index is 0.00537. The first kappa shape index (κ1) is 26.3. The second-order valence-corrected chi connectivity index (χ2v) is 11.1. The van der Waals surface area contributed by atoms with Gasteiger partial charge in [0.25, 0.3) is 5.91 Å². The number of unbranched alkanes of at least 4 members (excludes halogenated alkanes) is 1. The van der Waals surface area contributed by atoms with Gasteiger partial charge in [-0.2, -0.15) is 0 Å². The first-order valence-corrected chi connectivity index (χ1v) is 14.7. The number of nitrogens with zero attached hydrogens (tertiary/aromatic N) is 3. The van der Waals surface area contributed by atoms with Crippen molar-refractivity contribution < 1.29 is 4.79 Å². The van der Waals surface area contributed by atoms with Gasteiger partial charge in [-0.1, -0.05) is 46.1 Å². The Hall–Kier alpha value is -2.77. The SMILES string of the molecule is CCCCC(CC)CNC(=O)c1cc(-c2csc(-c3ccnc(CC)c3)n2)n(Cc2cccs2)c1C. The standard InChI is InChI=1S/C29H36N4OS2/c1-5-8-10-21(6-2)17-31-28(34)25-16-27(33(20(25)4)18-24-11-9-14-35-24)26-19-36-29(32-26)22-12-13-30-23(7-3)15-22/h9,11-16,19,21H,5-8,10,17-18H2,1-4H3,(H,31,34). The number of rotatable bonds is 12. The Morgan fingerprint density at radius 3 is 2.75 bits per heavy atom. The third-order valence-corrected chi connectivity index (χ3v) is 8.54. The highest BCUT2D eigenvalue weighted by Gasteiger charge is 2.21. The van der Waals surface area contributed by atoms with Crippen molar-refractivity contribution in [1.29, 1.82) is 0 Å². The molecular weight excluding hydrogens is 484 g/mol. The van der Waals surface area contributed by atoms with Crippen LogP contribution in [0, 0.1) is 12.8 Å². The molecule has 0 aliphatic carbocycles. The van der Waals surface area contributed by atoms with Gasteiger partial charge < -0.3 is 9.88 Å². The van der Waals surface area contributed by atoms with Crippen molar-refractivity contribution in [3.05, 3.63) is 69.1 Å². The van der Waals surface area contributed by atoms with Crippen LogP contribution in [0.3, 0.4) is 0 Å². The van der Waals surface area contributed by atoms with Gasteiger partial charge in [-0.25, -0.2) is 4.98 Å². The molecule has 1 amide bonds. The Morgan fingerprint density at radius 2 is 2.03 bits per heavy atom. The molecule has 36 heavy (non-hydrogen) atoms. The number of aromatic nitrogens is 3. The van der Waals surface area contributed by atoms with Crippen LogP contribution < -0.4 is 5.32 Å². The van der Waals surface area contributed by atoms with Gasteiger partial charge in [-0.15, -0.1) is 22.7 Å². The highest BCUT2D eigenvalue weighted by Crippen LogP contribution is 2.32. The molecule has 5 nitrogen and oxygen atoms in total. The van der Waals surface area contributed by atoms with Crippen LogP contribution in [0.5, 0.6) is 0 Å². The van der Waals surface area contributed by atoms with E-state index < -0.39 is 0 Å². The molecule has 4 rings (SSSR count). The summed E-state index contributed by atoms with van der Waals surface area (Å²) >= 11 is 3.36. The number of thiophene rings is 1. The molecule has 190 valence electrons. The van der Waals surface area contributed by atoms with Crippen LogP contribution in [-0.4, -0.2) is 27.0 Å². The van der Waals surface area contributed by atoms with Gasteiger partial charge in [0.2, 0.25) is 0 Å². The second-order valence-electron chi connectivity index (χ2n) is 9.25. The lowest BCUT2D eigenvalue weighted by atomic mass is 9.99. The maximum Gasteiger partial charge on any atom is 0.253 e. The van der Waals surface area contributed by atoms with Gasteiger partial charge in [0.05, 0.1) is 23.5 Å². The van der Waals surface area contributed by atoms with Crippen molar-refractivity contribution in [2.24, 2.45) is 5.92 Å². The normalized spacial score (nSPS) is 12.1. The van der Waals surface area contributed by atoms with Crippen molar-refractivity contribution in [2.45, 2.75) is 66.3 Å². The molecule has 0 saturated carbocycles. The van der Waals surface area contributed by atoms with Gasteiger partial charge in [0.15, 0.2) is 0 Å². The first-order chi connectivity index (χ1) is 17.5. The molecule has 4 aromatic heterocycles. The van der Waals surface area contributed by atoms with Crippen LogP contribution in [0.25, 0.3) is 22.0 Å². The lowest BCUT2D eigenvalue weighted by Gasteiger charge is -2.15. The number of hydrogen-bond acceptors (Lipinski definition) is 5. The number of hydrogen-bond donors (Lipinski definition) is 1. The monoisotopic (exact) mass is 520 g/mol. The summed E-state index contributed by atoms with van der Waals surface area (Å²) in [6, 6.07) is 10.4. The van der Waals surface area contributed by atoms with Gasteiger partial charge in [0, 0.05) is 40.0 Å². The number of aryl methyl sites for hydroxylation is 1. The van der Waals surface area contributed by atoms with Crippen LogP contribution in [0.1, 0.15) is 73.1 Å². The van der Waals surface area contributed by atoms with E-state index in [2.05, 4.69) is 64.6 Å². The van der Waals surface area contributed by atoms with E-state index in [-0.39, 0.29) is 5.91 Å². The van der Waals surface area contributed by atoms with E-state index >= 15 is 0 Å². The van der Waals surface area contributed by atoms with Crippen LogP contribution in [0.15, 0.2) is 47.3 Å². The minimum Gasteiger partial charge on any atom is -0.352 e. The number of thiazole rings is 1. The maximum absolute atomic E-state index is 13.3. The lowest BCUT2D eigenvalue weighted by molar-refractivity contribution is 0.0945. The molecule has 1 atom stereocenters. The summed E-state index contributed by atoms with van der Waals surface area (Å²) in [5.41, 5.74) is 5.74. The summed E-state index contributed by atoms with van der Waals surface area (Å²) in [6.07, 6.45) is 7.38. The first-order valence-electron chi connectivity index (χ1n) is 13.0. The number of nitrogens with one attached hydrogen (secondary N) is 1. The van der Waals surface area contributed by atoms with Crippen LogP contribution in [0.2, 0.25) is 0 Å². The molecule has 7 heteroatoms. The summed E-state index contributed by atoms with van der Waals surface area (Å²) in [4.78, 5) is 24.0. The molecule has 0 aliphatic rings. The van der Waals surface area contributed by atoms with Crippen LogP contribution >= 0.6 is 22.7 Å². The van der Waals surface area contributed by atoms with Crippen molar-refractivity contribution in [3.63, 3.8) is 0 Å². The van der Waals surface area contributed by atoms with E-state index in [0.717, 1.165) is 71.3 Å². The average Bonchev–Trinajstić information content (AvgIpc) is 3.66. The third-order valence-electron chi connectivity index (χ3n) is 6.79. The summed E-state index contributed by atoms with van der Waals surface area (Å²) in [5, 5.41) is 8.38. The molecule has 0 aliphatic heterocycles. The molecule has 4 heterocycles.